The number of carbonyl (C=O) groups is 2. The highest BCUT2D eigenvalue weighted by molar-refractivity contribution is 6.00. The zero-order valence-electron chi connectivity index (χ0n) is 13.3. The molecule has 2 N–H and O–H groups in total. The first kappa shape index (κ1) is 15.1. The van der Waals surface area contributed by atoms with Gasteiger partial charge in [-0.3, -0.25) is 4.79 Å². The van der Waals surface area contributed by atoms with Crippen LogP contribution in [0, 0.1) is 0 Å². The van der Waals surface area contributed by atoms with Crippen molar-refractivity contribution in [2.45, 2.75) is 6.54 Å². The van der Waals surface area contributed by atoms with E-state index in [4.69, 9.17) is 5.11 Å². The third kappa shape index (κ3) is 2.68. The molecule has 1 aliphatic heterocycles. The van der Waals surface area contributed by atoms with Crippen molar-refractivity contribution in [1.29, 1.82) is 0 Å². The monoisotopic (exact) mass is 329 g/mol. The van der Waals surface area contributed by atoms with Gasteiger partial charge in [0.15, 0.2) is 0 Å². The summed E-state index contributed by atoms with van der Waals surface area (Å²) < 4.78 is 0. The molecule has 0 saturated heterocycles. The quantitative estimate of drug-likeness (QED) is 0.764. The van der Waals surface area contributed by atoms with Crippen molar-refractivity contribution in [3.05, 3.63) is 83.4 Å². The van der Waals surface area contributed by atoms with Crippen LogP contribution in [-0.2, 0) is 6.54 Å². The zero-order chi connectivity index (χ0) is 17.4. The van der Waals surface area contributed by atoms with Gasteiger partial charge in [-0.05, 0) is 46.0 Å². The number of benzene rings is 3. The smallest absolute Gasteiger partial charge is 0.335 e. The molecule has 4 heteroatoms. The highest BCUT2D eigenvalue weighted by Gasteiger charge is 2.21. The number of carboxylic acids is 1. The van der Waals surface area contributed by atoms with E-state index in [-0.39, 0.29) is 11.5 Å². The maximum atomic E-state index is 11.8. The SMILES string of the molecule is O=C(O)c1cccc(-c2ccc(-c3cccc4c3CNC4=O)cc2)c1. The second-order valence-corrected chi connectivity index (χ2v) is 5.98. The Morgan fingerprint density at radius 1 is 0.840 bits per heavy atom. The van der Waals surface area contributed by atoms with Gasteiger partial charge in [0.25, 0.3) is 5.91 Å². The van der Waals surface area contributed by atoms with Gasteiger partial charge >= 0.3 is 5.97 Å². The Hall–Kier alpha value is -3.40. The van der Waals surface area contributed by atoms with Crippen LogP contribution in [0.5, 0.6) is 0 Å². The number of hydrogen-bond donors (Lipinski definition) is 2. The third-order valence-corrected chi connectivity index (χ3v) is 4.49. The molecule has 0 bridgehead atoms. The summed E-state index contributed by atoms with van der Waals surface area (Å²) >= 11 is 0. The molecule has 4 rings (SSSR count). The predicted molar refractivity (Wildman–Crippen MR) is 95.4 cm³/mol. The summed E-state index contributed by atoms with van der Waals surface area (Å²) in [6.45, 7) is 0.548. The molecule has 0 aliphatic carbocycles. The van der Waals surface area contributed by atoms with Crippen molar-refractivity contribution >= 4 is 11.9 Å². The normalized spacial score (nSPS) is 12.6. The van der Waals surface area contributed by atoms with E-state index in [2.05, 4.69) is 5.32 Å². The van der Waals surface area contributed by atoms with Crippen LogP contribution in [0.25, 0.3) is 22.3 Å². The van der Waals surface area contributed by atoms with E-state index in [0.717, 1.165) is 33.4 Å². The van der Waals surface area contributed by atoms with E-state index in [1.165, 1.54) is 0 Å². The molecule has 0 spiro atoms. The van der Waals surface area contributed by atoms with Gasteiger partial charge in [-0.25, -0.2) is 4.79 Å². The molecule has 1 aliphatic rings. The molecule has 4 nitrogen and oxygen atoms in total. The molecule has 3 aromatic carbocycles. The van der Waals surface area contributed by atoms with Crippen molar-refractivity contribution in [2.24, 2.45) is 0 Å². The summed E-state index contributed by atoms with van der Waals surface area (Å²) in [6.07, 6.45) is 0. The van der Waals surface area contributed by atoms with Crippen molar-refractivity contribution in [3.63, 3.8) is 0 Å². The summed E-state index contributed by atoms with van der Waals surface area (Å²) in [5.74, 6) is -0.963. The molecule has 25 heavy (non-hydrogen) atoms. The molecule has 1 amide bonds. The van der Waals surface area contributed by atoms with Crippen LogP contribution in [0.3, 0.4) is 0 Å². The Morgan fingerprint density at radius 3 is 2.28 bits per heavy atom. The highest BCUT2D eigenvalue weighted by Crippen LogP contribution is 2.31. The number of carbonyl (C=O) groups excluding carboxylic acids is 1. The van der Waals surface area contributed by atoms with Gasteiger partial charge in [-0.15, -0.1) is 0 Å². The van der Waals surface area contributed by atoms with Crippen LogP contribution in [0.2, 0.25) is 0 Å². The number of nitrogens with one attached hydrogen (secondary N) is 1. The van der Waals surface area contributed by atoms with E-state index < -0.39 is 5.97 Å². The lowest BCUT2D eigenvalue weighted by Crippen LogP contribution is -2.12. The van der Waals surface area contributed by atoms with Crippen LogP contribution < -0.4 is 5.32 Å². The fourth-order valence-electron chi connectivity index (χ4n) is 3.20. The summed E-state index contributed by atoms with van der Waals surface area (Å²) in [4.78, 5) is 22.9. The van der Waals surface area contributed by atoms with E-state index >= 15 is 0 Å². The van der Waals surface area contributed by atoms with Gasteiger partial charge in [0.1, 0.15) is 0 Å². The number of fused-ring (bicyclic) bond motifs is 1. The number of carboxylic acid groups (broad SMARTS) is 1. The first-order valence-electron chi connectivity index (χ1n) is 7.98. The number of amides is 1. The van der Waals surface area contributed by atoms with E-state index in [1.54, 1.807) is 18.2 Å². The van der Waals surface area contributed by atoms with Crippen LogP contribution in [0.1, 0.15) is 26.3 Å². The molecular weight excluding hydrogens is 314 g/mol. The largest absolute Gasteiger partial charge is 0.478 e. The molecule has 1 heterocycles. The average Bonchev–Trinajstić information content (AvgIpc) is 3.03. The lowest BCUT2D eigenvalue weighted by molar-refractivity contribution is 0.0696. The van der Waals surface area contributed by atoms with Crippen LogP contribution in [0.4, 0.5) is 0 Å². The second kappa shape index (κ2) is 5.91. The third-order valence-electron chi connectivity index (χ3n) is 4.49. The van der Waals surface area contributed by atoms with Crippen molar-refractivity contribution in [3.8, 4) is 22.3 Å². The molecule has 3 aromatic rings. The fourth-order valence-corrected chi connectivity index (χ4v) is 3.20. The molecule has 0 aromatic heterocycles. The van der Waals surface area contributed by atoms with Gasteiger partial charge in [-0.1, -0.05) is 48.5 Å². The van der Waals surface area contributed by atoms with E-state index in [1.807, 2.05) is 48.5 Å². The molecule has 0 radical (unpaired) electrons. The first-order valence-corrected chi connectivity index (χ1v) is 7.98. The summed E-state index contributed by atoms with van der Waals surface area (Å²) in [5, 5.41) is 12.0. The predicted octanol–water partition coefficient (Wildman–Crippen LogP) is 3.96. The zero-order valence-corrected chi connectivity index (χ0v) is 13.3. The maximum absolute atomic E-state index is 11.8. The molecule has 122 valence electrons. The molecule has 0 saturated carbocycles. The van der Waals surface area contributed by atoms with Gasteiger partial charge in [-0.2, -0.15) is 0 Å². The fraction of sp³-hybridized carbons (Fsp3) is 0.0476. The van der Waals surface area contributed by atoms with Crippen LogP contribution >= 0.6 is 0 Å². The summed E-state index contributed by atoms with van der Waals surface area (Å²) in [5.41, 5.74) is 5.92. The van der Waals surface area contributed by atoms with E-state index in [0.29, 0.717) is 6.54 Å². The van der Waals surface area contributed by atoms with Gasteiger partial charge in [0.2, 0.25) is 0 Å². The second-order valence-electron chi connectivity index (χ2n) is 5.98. The molecule has 0 atom stereocenters. The number of rotatable bonds is 3. The molecule has 0 fully saturated rings. The van der Waals surface area contributed by atoms with Crippen molar-refractivity contribution < 1.29 is 14.7 Å². The van der Waals surface area contributed by atoms with Gasteiger partial charge in [0, 0.05) is 12.1 Å². The first-order chi connectivity index (χ1) is 12.1. The summed E-state index contributed by atoms with van der Waals surface area (Å²) in [7, 11) is 0. The minimum absolute atomic E-state index is 0.0287. The number of hydrogen-bond acceptors (Lipinski definition) is 2. The van der Waals surface area contributed by atoms with Gasteiger partial charge in [0.05, 0.1) is 5.56 Å². The highest BCUT2D eigenvalue weighted by atomic mass is 16.4. The minimum Gasteiger partial charge on any atom is -0.478 e. The minimum atomic E-state index is -0.935. The lowest BCUT2D eigenvalue weighted by atomic mass is 9.95. The van der Waals surface area contributed by atoms with E-state index in [9.17, 15) is 9.59 Å². The Balaban J connectivity index is 1.71. The average molecular weight is 329 g/mol. The van der Waals surface area contributed by atoms with Crippen LogP contribution in [0.15, 0.2) is 66.7 Å². The topological polar surface area (TPSA) is 66.4 Å². The maximum Gasteiger partial charge on any atom is 0.335 e. The lowest BCUT2D eigenvalue weighted by Gasteiger charge is -2.09. The Morgan fingerprint density at radius 2 is 1.52 bits per heavy atom. The Bertz CT molecular complexity index is 990. The summed E-state index contributed by atoms with van der Waals surface area (Å²) in [6, 6.07) is 20.6. The van der Waals surface area contributed by atoms with Crippen LogP contribution in [-0.4, -0.2) is 17.0 Å². The number of aromatic carboxylic acids is 1. The van der Waals surface area contributed by atoms with Gasteiger partial charge < -0.3 is 10.4 Å². The van der Waals surface area contributed by atoms with Crippen molar-refractivity contribution in [1.82, 2.24) is 5.32 Å². The van der Waals surface area contributed by atoms with Crippen molar-refractivity contribution in [2.75, 3.05) is 0 Å². The Kier molecular flexibility index (Phi) is 3.58. The molecular formula is C21H15NO3. The Labute approximate surface area is 144 Å². The standard InChI is InChI=1S/C21H15NO3/c23-20-18-6-2-5-17(19(18)12-22-20)14-9-7-13(8-10-14)15-3-1-4-16(11-15)21(24)25/h1-11H,12H2,(H,22,23)(H,24,25). The molecule has 0 unspecified atom stereocenters.